The maximum atomic E-state index is 12.2. The molecule has 2 saturated carbocycles. The predicted octanol–water partition coefficient (Wildman–Crippen LogP) is 1.49. The number of nitrogen functional groups attached to an aromatic ring is 1. The van der Waals surface area contributed by atoms with Gasteiger partial charge in [-0.2, -0.15) is 0 Å². The zero-order chi connectivity index (χ0) is 14.4. The van der Waals surface area contributed by atoms with Gasteiger partial charge in [-0.1, -0.05) is 11.6 Å². The first-order valence-electron chi connectivity index (χ1n) is 6.59. The van der Waals surface area contributed by atoms with Crippen LogP contribution in [0.3, 0.4) is 0 Å². The summed E-state index contributed by atoms with van der Waals surface area (Å²) < 4.78 is 27.2. The number of halogens is 1. The fourth-order valence-electron chi connectivity index (χ4n) is 2.58. The molecule has 0 spiro atoms. The molecule has 2 aliphatic carbocycles. The van der Waals surface area contributed by atoms with Crippen molar-refractivity contribution in [2.45, 2.75) is 30.6 Å². The lowest BCUT2D eigenvalue weighted by atomic mass is 10.0. The molecular weight excluding hydrogens is 300 g/mol. The maximum Gasteiger partial charge on any atom is 0.242 e. The molecule has 2 aliphatic rings. The Bertz CT molecular complexity index is 626. The molecule has 1 aromatic rings. The number of nitrogens with one attached hydrogen (secondary N) is 2. The lowest BCUT2D eigenvalue weighted by Crippen LogP contribution is -2.31. The van der Waals surface area contributed by atoms with Crippen molar-refractivity contribution in [1.82, 2.24) is 9.71 Å². The van der Waals surface area contributed by atoms with Crippen molar-refractivity contribution in [3.05, 3.63) is 17.3 Å². The van der Waals surface area contributed by atoms with E-state index in [0.29, 0.717) is 12.5 Å². The molecule has 0 saturated heterocycles. The molecule has 0 atom stereocenters. The Morgan fingerprint density at radius 1 is 1.45 bits per heavy atom. The zero-order valence-electron chi connectivity index (χ0n) is 10.9. The Balaban J connectivity index is 1.73. The van der Waals surface area contributed by atoms with Crippen molar-refractivity contribution in [3.63, 3.8) is 0 Å². The molecule has 3 rings (SSSR count). The second kappa shape index (κ2) is 4.84. The summed E-state index contributed by atoms with van der Waals surface area (Å²) in [4.78, 5) is 3.95. The first-order valence-corrected chi connectivity index (χ1v) is 8.45. The summed E-state index contributed by atoms with van der Waals surface area (Å²) >= 11 is 5.90. The van der Waals surface area contributed by atoms with Crippen molar-refractivity contribution in [1.29, 1.82) is 0 Å². The number of pyridine rings is 1. The Hall–Kier alpha value is -0.890. The topological polar surface area (TPSA) is 97.1 Å². The highest BCUT2D eigenvalue weighted by molar-refractivity contribution is 7.89. The number of nitrogens with two attached hydrogens (primary N) is 1. The molecule has 6 nitrogen and oxygen atoms in total. The lowest BCUT2D eigenvalue weighted by molar-refractivity contribution is 0.432. The third-order valence-corrected chi connectivity index (χ3v) is 5.87. The standard InChI is InChI=1S/C12H17ClN4O2S/c13-10-5-9(6-15-11(10)17-14)20(18,19)16-7-12(3-4-12)8-1-2-8/h5-6,8,16H,1-4,7,14H2,(H,15,17). The minimum atomic E-state index is -3.57. The number of aromatic nitrogens is 1. The molecule has 4 N–H and O–H groups in total. The van der Waals surface area contributed by atoms with Crippen molar-refractivity contribution in [2.24, 2.45) is 17.2 Å². The zero-order valence-corrected chi connectivity index (χ0v) is 12.5. The van der Waals surface area contributed by atoms with Crippen LogP contribution in [0.5, 0.6) is 0 Å². The fraction of sp³-hybridized carbons (Fsp3) is 0.583. The molecule has 20 heavy (non-hydrogen) atoms. The van der Waals surface area contributed by atoms with Crippen LogP contribution in [0.15, 0.2) is 17.2 Å². The molecule has 0 aliphatic heterocycles. The van der Waals surface area contributed by atoms with Gasteiger partial charge in [-0.15, -0.1) is 0 Å². The van der Waals surface area contributed by atoms with Gasteiger partial charge in [0.1, 0.15) is 4.90 Å². The monoisotopic (exact) mass is 316 g/mol. The molecule has 0 aromatic carbocycles. The van der Waals surface area contributed by atoms with Gasteiger partial charge in [-0.05, 0) is 43.1 Å². The van der Waals surface area contributed by atoms with E-state index in [1.54, 1.807) is 0 Å². The second-order valence-corrected chi connectivity index (χ2v) is 7.78. The molecule has 110 valence electrons. The highest BCUT2D eigenvalue weighted by Gasteiger charge is 2.53. The van der Waals surface area contributed by atoms with Crippen LogP contribution >= 0.6 is 11.6 Å². The van der Waals surface area contributed by atoms with E-state index in [0.717, 1.165) is 12.8 Å². The van der Waals surface area contributed by atoms with E-state index in [4.69, 9.17) is 17.4 Å². The summed E-state index contributed by atoms with van der Waals surface area (Å²) in [5.74, 6) is 6.17. The smallest absolute Gasteiger partial charge is 0.242 e. The fourth-order valence-corrected chi connectivity index (χ4v) is 3.98. The van der Waals surface area contributed by atoms with Crippen LogP contribution in [0.1, 0.15) is 25.7 Å². The van der Waals surface area contributed by atoms with Gasteiger partial charge < -0.3 is 5.43 Å². The number of nitrogens with zero attached hydrogens (tertiary/aromatic N) is 1. The van der Waals surface area contributed by atoms with Crippen LogP contribution < -0.4 is 16.0 Å². The first kappa shape index (κ1) is 14.1. The largest absolute Gasteiger partial charge is 0.307 e. The Morgan fingerprint density at radius 2 is 2.15 bits per heavy atom. The van der Waals surface area contributed by atoms with Crippen molar-refractivity contribution in [3.8, 4) is 0 Å². The van der Waals surface area contributed by atoms with Crippen molar-refractivity contribution in [2.75, 3.05) is 12.0 Å². The molecule has 0 radical (unpaired) electrons. The highest BCUT2D eigenvalue weighted by Crippen LogP contribution is 2.60. The first-order chi connectivity index (χ1) is 9.47. The van der Waals surface area contributed by atoms with E-state index < -0.39 is 10.0 Å². The number of rotatable bonds is 6. The summed E-state index contributed by atoms with van der Waals surface area (Å²) in [6.45, 7) is 0.508. The number of hydrogen-bond donors (Lipinski definition) is 3. The lowest BCUT2D eigenvalue weighted by Gasteiger charge is -2.15. The highest BCUT2D eigenvalue weighted by atomic mass is 35.5. The minimum absolute atomic E-state index is 0.0631. The number of anilines is 1. The SMILES string of the molecule is NNc1ncc(S(=O)(=O)NCC2(C3CC3)CC2)cc1Cl. The Labute approximate surface area is 123 Å². The molecule has 1 aromatic heterocycles. The van der Waals surface area contributed by atoms with Gasteiger partial charge in [-0.3, -0.25) is 0 Å². The Morgan fingerprint density at radius 3 is 2.65 bits per heavy atom. The summed E-state index contributed by atoms with van der Waals surface area (Å²) in [6, 6.07) is 1.35. The number of hydrogen-bond acceptors (Lipinski definition) is 5. The second-order valence-electron chi connectivity index (χ2n) is 5.61. The maximum absolute atomic E-state index is 12.2. The molecular formula is C12H17ClN4O2S. The van der Waals surface area contributed by atoms with Crippen LogP contribution in [-0.2, 0) is 10.0 Å². The van der Waals surface area contributed by atoms with E-state index in [-0.39, 0.29) is 21.2 Å². The predicted molar refractivity (Wildman–Crippen MR) is 76.6 cm³/mol. The van der Waals surface area contributed by atoms with E-state index in [1.165, 1.54) is 25.1 Å². The van der Waals surface area contributed by atoms with E-state index >= 15 is 0 Å². The van der Waals surface area contributed by atoms with Gasteiger partial charge >= 0.3 is 0 Å². The quantitative estimate of drug-likeness (QED) is 0.545. The molecule has 8 heteroatoms. The third-order valence-electron chi connectivity index (χ3n) is 4.21. The van der Waals surface area contributed by atoms with Gasteiger partial charge in [0.05, 0.1) is 5.02 Å². The molecule has 1 heterocycles. The Kier molecular flexibility index (Phi) is 3.40. The average Bonchev–Trinajstić information content (AvgIpc) is 3.28. The normalized spacial score (nSPS) is 20.7. The van der Waals surface area contributed by atoms with Gasteiger partial charge in [0.2, 0.25) is 10.0 Å². The van der Waals surface area contributed by atoms with E-state index in [2.05, 4.69) is 15.1 Å². The minimum Gasteiger partial charge on any atom is -0.307 e. The summed E-state index contributed by atoms with van der Waals surface area (Å²) in [5.41, 5.74) is 2.52. The molecule has 2 fully saturated rings. The van der Waals surface area contributed by atoms with Crippen LogP contribution in [-0.4, -0.2) is 19.9 Å². The molecule has 0 unspecified atom stereocenters. The van der Waals surface area contributed by atoms with E-state index in [9.17, 15) is 8.42 Å². The molecule has 0 bridgehead atoms. The van der Waals surface area contributed by atoms with Gasteiger partial charge in [-0.25, -0.2) is 24.0 Å². The van der Waals surface area contributed by atoms with Crippen LogP contribution in [0.4, 0.5) is 5.82 Å². The number of hydrazine groups is 1. The van der Waals surface area contributed by atoms with E-state index in [1.807, 2.05) is 0 Å². The summed E-state index contributed by atoms with van der Waals surface area (Å²) in [6.07, 6.45) is 5.95. The van der Waals surface area contributed by atoms with Crippen molar-refractivity contribution >= 4 is 27.4 Å². The van der Waals surface area contributed by atoms with Crippen LogP contribution in [0, 0.1) is 11.3 Å². The van der Waals surface area contributed by atoms with Crippen LogP contribution in [0.25, 0.3) is 0 Å². The van der Waals surface area contributed by atoms with Gasteiger partial charge in [0, 0.05) is 12.7 Å². The van der Waals surface area contributed by atoms with Crippen LogP contribution in [0.2, 0.25) is 5.02 Å². The van der Waals surface area contributed by atoms with Gasteiger partial charge in [0.25, 0.3) is 0 Å². The summed E-state index contributed by atoms with van der Waals surface area (Å²) in [7, 11) is -3.57. The van der Waals surface area contributed by atoms with Gasteiger partial charge in [0.15, 0.2) is 5.82 Å². The molecule has 0 amide bonds. The average molecular weight is 317 g/mol. The third kappa shape index (κ3) is 2.63. The van der Waals surface area contributed by atoms with Crippen molar-refractivity contribution < 1.29 is 8.42 Å². The number of sulfonamides is 1. The summed E-state index contributed by atoms with van der Waals surface area (Å²) in [5, 5.41) is 0.179.